The van der Waals surface area contributed by atoms with E-state index in [4.69, 9.17) is 10.5 Å². The van der Waals surface area contributed by atoms with Crippen LogP contribution in [0.25, 0.3) is 0 Å². The van der Waals surface area contributed by atoms with E-state index in [1.165, 1.54) is 23.9 Å². The summed E-state index contributed by atoms with van der Waals surface area (Å²) in [4.78, 5) is 12.5. The van der Waals surface area contributed by atoms with E-state index in [0.29, 0.717) is 23.7 Å². The Morgan fingerprint density at radius 3 is 2.95 bits per heavy atom. The summed E-state index contributed by atoms with van der Waals surface area (Å²) < 4.78 is 17.8. The lowest BCUT2D eigenvalue weighted by Crippen LogP contribution is -2.32. The van der Waals surface area contributed by atoms with Gasteiger partial charge in [0, 0.05) is 30.8 Å². The van der Waals surface area contributed by atoms with Gasteiger partial charge in [-0.05, 0) is 31.5 Å². The first-order valence-corrected chi connectivity index (χ1v) is 6.91. The summed E-state index contributed by atoms with van der Waals surface area (Å²) in [5, 5.41) is 2.53. The fraction of sp³-hybridized carbons (Fsp3) is 0.462. The Hall–Kier alpha value is -1.27. The molecule has 0 aliphatic carbocycles. The molecule has 0 aliphatic rings. The van der Waals surface area contributed by atoms with Crippen molar-refractivity contribution in [2.75, 3.05) is 26.0 Å². The number of nitrogens with one attached hydrogen (secondary N) is 1. The lowest BCUT2D eigenvalue weighted by atomic mass is 10.3. The van der Waals surface area contributed by atoms with Crippen molar-refractivity contribution in [1.29, 1.82) is 0 Å². The summed E-state index contributed by atoms with van der Waals surface area (Å²) in [5.74, 6) is -0.441. The molecule has 3 N–H and O–H groups in total. The highest BCUT2D eigenvalue weighted by Crippen LogP contribution is 2.29. The van der Waals surface area contributed by atoms with Crippen LogP contribution in [0.5, 0.6) is 0 Å². The fourth-order valence-electron chi connectivity index (χ4n) is 1.44. The first-order chi connectivity index (χ1) is 9.04. The van der Waals surface area contributed by atoms with E-state index in [1.807, 2.05) is 0 Å². The van der Waals surface area contributed by atoms with Crippen LogP contribution < -0.4 is 11.1 Å². The third-order valence-corrected chi connectivity index (χ3v) is 3.66. The smallest absolute Gasteiger partial charge is 0.233 e. The van der Waals surface area contributed by atoms with Crippen molar-refractivity contribution in [3.63, 3.8) is 0 Å². The molecular weight excluding hydrogens is 267 g/mol. The summed E-state index contributed by atoms with van der Waals surface area (Å²) in [6, 6.07) is 4.18. The highest BCUT2D eigenvalue weighted by Gasteiger charge is 2.15. The molecule has 0 saturated heterocycles. The van der Waals surface area contributed by atoms with Crippen molar-refractivity contribution in [3.05, 3.63) is 24.0 Å². The van der Waals surface area contributed by atoms with Crippen molar-refractivity contribution in [3.8, 4) is 0 Å². The van der Waals surface area contributed by atoms with E-state index in [9.17, 15) is 9.18 Å². The summed E-state index contributed by atoms with van der Waals surface area (Å²) >= 11 is 1.32. The van der Waals surface area contributed by atoms with Gasteiger partial charge < -0.3 is 15.8 Å². The van der Waals surface area contributed by atoms with Gasteiger partial charge in [-0.3, -0.25) is 4.79 Å². The number of thioether (sulfide) groups is 1. The molecule has 0 radical (unpaired) electrons. The number of nitrogen functional groups attached to an aromatic ring is 1. The van der Waals surface area contributed by atoms with Crippen molar-refractivity contribution in [2.45, 2.75) is 23.5 Å². The SMILES string of the molecule is COCCCNC(=O)C(C)Sc1ccc(F)cc1N. The second-order valence-corrected chi connectivity index (χ2v) is 5.46. The maximum absolute atomic E-state index is 12.9. The van der Waals surface area contributed by atoms with Gasteiger partial charge in [-0.2, -0.15) is 0 Å². The van der Waals surface area contributed by atoms with Crippen LogP contribution in [0.4, 0.5) is 10.1 Å². The standard InChI is InChI=1S/C13H19FN2O2S/c1-9(13(17)16-6-3-7-18-2)19-12-5-4-10(14)8-11(12)15/h4-5,8-9H,3,6-7,15H2,1-2H3,(H,16,17). The monoisotopic (exact) mass is 286 g/mol. The minimum absolute atomic E-state index is 0.0650. The van der Waals surface area contributed by atoms with Crippen LogP contribution in [0, 0.1) is 5.82 Å². The number of amides is 1. The number of rotatable bonds is 7. The molecule has 1 amide bonds. The largest absolute Gasteiger partial charge is 0.398 e. The molecule has 1 aromatic carbocycles. The molecule has 0 aliphatic heterocycles. The Labute approximate surface area is 116 Å². The molecule has 1 atom stereocenters. The van der Waals surface area contributed by atoms with E-state index in [2.05, 4.69) is 5.32 Å². The molecule has 1 unspecified atom stereocenters. The number of carbonyl (C=O) groups excluding carboxylic acids is 1. The maximum atomic E-state index is 12.9. The number of benzene rings is 1. The molecule has 0 heterocycles. The molecular formula is C13H19FN2O2S. The highest BCUT2D eigenvalue weighted by molar-refractivity contribution is 8.00. The predicted molar refractivity (Wildman–Crippen MR) is 75.6 cm³/mol. The van der Waals surface area contributed by atoms with Crippen LogP contribution in [-0.4, -0.2) is 31.4 Å². The van der Waals surface area contributed by atoms with E-state index < -0.39 is 0 Å². The second kappa shape index (κ2) is 8.01. The molecule has 6 heteroatoms. The molecule has 1 rings (SSSR count). The van der Waals surface area contributed by atoms with Gasteiger partial charge in [0.25, 0.3) is 0 Å². The lowest BCUT2D eigenvalue weighted by Gasteiger charge is -2.13. The second-order valence-electron chi connectivity index (χ2n) is 4.08. The molecule has 1 aromatic rings. The Kier molecular flexibility index (Phi) is 6.66. The topological polar surface area (TPSA) is 64.3 Å². The van der Waals surface area contributed by atoms with Gasteiger partial charge in [-0.25, -0.2) is 4.39 Å². The van der Waals surface area contributed by atoms with Crippen LogP contribution in [0.15, 0.2) is 23.1 Å². The van der Waals surface area contributed by atoms with Gasteiger partial charge in [0.05, 0.1) is 5.25 Å². The molecule has 4 nitrogen and oxygen atoms in total. The van der Waals surface area contributed by atoms with Crippen molar-refractivity contribution in [2.24, 2.45) is 0 Å². The van der Waals surface area contributed by atoms with Gasteiger partial charge in [0.2, 0.25) is 5.91 Å². The van der Waals surface area contributed by atoms with Crippen LogP contribution in [-0.2, 0) is 9.53 Å². The quantitative estimate of drug-likeness (QED) is 0.457. The number of halogens is 1. The number of nitrogens with two attached hydrogens (primary N) is 1. The number of hydrogen-bond donors (Lipinski definition) is 2. The first kappa shape index (κ1) is 15.8. The van der Waals surface area contributed by atoms with Gasteiger partial charge >= 0.3 is 0 Å². The molecule has 0 fully saturated rings. The molecule has 0 bridgehead atoms. The number of hydrogen-bond acceptors (Lipinski definition) is 4. The van der Waals surface area contributed by atoms with E-state index in [0.717, 1.165) is 6.42 Å². The Bertz CT molecular complexity index is 429. The Balaban J connectivity index is 2.45. The van der Waals surface area contributed by atoms with Crippen molar-refractivity contribution in [1.82, 2.24) is 5.32 Å². The maximum Gasteiger partial charge on any atom is 0.233 e. The number of anilines is 1. The van der Waals surface area contributed by atoms with Crippen LogP contribution >= 0.6 is 11.8 Å². The first-order valence-electron chi connectivity index (χ1n) is 6.03. The number of ether oxygens (including phenoxy) is 1. The summed E-state index contributed by atoms with van der Waals surface area (Å²) in [5.41, 5.74) is 6.05. The third kappa shape index (κ3) is 5.48. The average molecular weight is 286 g/mol. The summed E-state index contributed by atoms with van der Waals surface area (Å²) in [7, 11) is 1.62. The minimum Gasteiger partial charge on any atom is -0.398 e. The third-order valence-electron chi connectivity index (χ3n) is 2.47. The van der Waals surface area contributed by atoms with Crippen LogP contribution in [0.3, 0.4) is 0 Å². The Morgan fingerprint density at radius 1 is 1.58 bits per heavy atom. The van der Waals surface area contributed by atoms with E-state index >= 15 is 0 Å². The van der Waals surface area contributed by atoms with Gasteiger partial charge in [-0.1, -0.05) is 0 Å². The number of carbonyl (C=O) groups is 1. The van der Waals surface area contributed by atoms with Gasteiger partial charge in [0.15, 0.2) is 0 Å². The molecule has 0 aromatic heterocycles. The van der Waals surface area contributed by atoms with Crippen molar-refractivity contribution >= 4 is 23.4 Å². The van der Waals surface area contributed by atoms with E-state index in [1.54, 1.807) is 20.1 Å². The van der Waals surface area contributed by atoms with Gasteiger partial charge in [-0.15, -0.1) is 11.8 Å². The van der Waals surface area contributed by atoms with Crippen LogP contribution in [0.1, 0.15) is 13.3 Å². The Morgan fingerprint density at radius 2 is 2.32 bits per heavy atom. The molecule has 0 spiro atoms. The average Bonchev–Trinajstić information content (AvgIpc) is 2.37. The zero-order chi connectivity index (χ0) is 14.3. The fourth-order valence-corrected chi connectivity index (χ4v) is 2.36. The van der Waals surface area contributed by atoms with Gasteiger partial charge in [0.1, 0.15) is 5.82 Å². The van der Waals surface area contributed by atoms with E-state index in [-0.39, 0.29) is 17.0 Å². The number of methoxy groups -OCH3 is 1. The molecule has 0 saturated carbocycles. The van der Waals surface area contributed by atoms with Crippen LogP contribution in [0.2, 0.25) is 0 Å². The zero-order valence-electron chi connectivity index (χ0n) is 11.1. The highest BCUT2D eigenvalue weighted by atomic mass is 32.2. The molecule has 106 valence electrons. The zero-order valence-corrected chi connectivity index (χ0v) is 11.9. The van der Waals surface area contributed by atoms with Crippen molar-refractivity contribution < 1.29 is 13.9 Å². The summed E-state index contributed by atoms with van der Waals surface area (Å²) in [6.07, 6.45) is 0.776. The molecule has 19 heavy (non-hydrogen) atoms. The summed E-state index contributed by atoms with van der Waals surface area (Å²) in [6.45, 7) is 2.99. The predicted octanol–water partition coefficient (Wildman–Crippen LogP) is 2.04. The lowest BCUT2D eigenvalue weighted by molar-refractivity contribution is -0.120. The minimum atomic E-state index is -0.376. The normalized spacial score (nSPS) is 12.2.